The SMILES string of the molecule is CC(C)[C@@H](N[S@+]([O-])C(C)(C)C)c1ccc(C(=O)O)c(C(C)(C)C)c1. The summed E-state index contributed by atoms with van der Waals surface area (Å²) in [5.41, 5.74) is 1.80. The van der Waals surface area contributed by atoms with Crippen molar-refractivity contribution in [2.45, 2.75) is 71.6 Å². The lowest BCUT2D eigenvalue weighted by Gasteiger charge is -2.31. The van der Waals surface area contributed by atoms with E-state index in [1.807, 2.05) is 53.7 Å². The maximum atomic E-state index is 12.5. The van der Waals surface area contributed by atoms with Crippen molar-refractivity contribution in [3.8, 4) is 0 Å². The van der Waals surface area contributed by atoms with Crippen LogP contribution < -0.4 is 4.72 Å². The van der Waals surface area contributed by atoms with Crippen LogP contribution in [0.5, 0.6) is 0 Å². The van der Waals surface area contributed by atoms with Crippen LogP contribution in [0.3, 0.4) is 0 Å². The molecule has 0 aliphatic carbocycles. The van der Waals surface area contributed by atoms with Crippen LogP contribution in [0.15, 0.2) is 18.2 Å². The van der Waals surface area contributed by atoms with E-state index in [2.05, 4.69) is 18.6 Å². The minimum absolute atomic E-state index is 0.103. The summed E-state index contributed by atoms with van der Waals surface area (Å²) < 4.78 is 15.4. The van der Waals surface area contributed by atoms with Gasteiger partial charge in [0, 0.05) is 11.4 Å². The fourth-order valence-electron chi connectivity index (χ4n) is 2.44. The molecule has 0 bridgehead atoms. The van der Waals surface area contributed by atoms with E-state index in [0.717, 1.165) is 11.1 Å². The number of nitrogens with one attached hydrogen (secondary N) is 1. The van der Waals surface area contributed by atoms with Gasteiger partial charge in [-0.2, -0.15) is 0 Å². The van der Waals surface area contributed by atoms with Gasteiger partial charge in [-0.05, 0) is 49.3 Å². The fourth-order valence-corrected chi connectivity index (χ4v) is 3.44. The summed E-state index contributed by atoms with van der Waals surface area (Å²) in [6.45, 7) is 15.9. The summed E-state index contributed by atoms with van der Waals surface area (Å²) in [5.74, 6) is -0.696. The van der Waals surface area contributed by atoms with Crippen molar-refractivity contribution < 1.29 is 14.5 Å². The zero-order chi connectivity index (χ0) is 18.9. The Balaban J connectivity index is 3.33. The standard InChI is InChI=1S/C19H31NO3S/c1-12(2)16(20-24(23)19(6,7)8)13-9-10-14(17(21)22)15(11-13)18(3,4)5/h9-12,16,20H,1-8H3,(H,21,22)/t16-,24-/m1/s1. The van der Waals surface area contributed by atoms with Crippen LogP contribution in [0.1, 0.15) is 82.9 Å². The number of carboxylic acid groups (broad SMARTS) is 1. The Morgan fingerprint density at radius 2 is 1.71 bits per heavy atom. The van der Waals surface area contributed by atoms with Crippen LogP contribution in [0.2, 0.25) is 0 Å². The van der Waals surface area contributed by atoms with Crippen molar-refractivity contribution in [2.24, 2.45) is 5.92 Å². The van der Waals surface area contributed by atoms with Gasteiger partial charge in [0.1, 0.15) is 4.75 Å². The number of hydrogen-bond donors (Lipinski definition) is 2. The number of carbonyl (C=O) groups is 1. The first-order valence-corrected chi connectivity index (χ1v) is 9.46. The summed E-state index contributed by atoms with van der Waals surface area (Å²) in [7, 11) is 0. The Labute approximate surface area is 149 Å². The molecule has 0 heterocycles. The molecule has 0 fully saturated rings. The van der Waals surface area contributed by atoms with Crippen molar-refractivity contribution in [2.75, 3.05) is 0 Å². The van der Waals surface area contributed by atoms with Crippen LogP contribution in [0, 0.1) is 5.92 Å². The molecule has 5 heteroatoms. The Morgan fingerprint density at radius 3 is 2.08 bits per heavy atom. The molecule has 4 nitrogen and oxygen atoms in total. The predicted molar refractivity (Wildman–Crippen MR) is 101 cm³/mol. The molecular formula is C19H31NO3S. The maximum absolute atomic E-state index is 12.5. The van der Waals surface area contributed by atoms with Crippen molar-refractivity contribution >= 4 is 17.3 Å². The van der Waals surface area contributed by atoms with Gasteiger partial charge in [-0.1, -0.05) is 46.8 Å². The predicted octanol–water partition coefficient (Wildman–Crippen LogP) is 4.43. The topological polar surface area (TPSA) is 72.4 Å². The minimum atomic E-state index is -1.20. The van der Waals surface area contributed by atoms with Crippen LogP contribution in [-0.4, -0.2) is 20.4 Å². The molecule has 0 saturated heterocycles. The van der Waals surface area contributed by atoms with Gasteiger partial charge < -0.3 is 9.66 Å². The second-order valence-corrected chi connectivity index (χ2v) is 10.6. The number of benzene rings is 1. The first-order chi connectivity index (χ1) is 10.7. The molecule has 0 amide bonds. The summed E-state index contributed by atoms with van der Waals surface area (Å²) in [6.07, 6.45) is 0. The maximum Gasteiger partial charge on any atom is 0.335 e. The van der Waals surface area contributed by atoms with Crippen molar-refractivity contribution in [3.05, 3.63) is 34.9 Å². The molecule has 136 valence electrons. The smallest absolute Gasteiger partial charge is 0.335 e. The van der Waals surface area contributed by atoms with Crippen LogP contribution in [-0.2, 0) is 16.8 Å². The molecule has 0 spiro atoms. The first-order valence-electron chi connectivity index (χ1n) is 8.31. The van der Waals surface area contributed by atoms with E-state index in [4.69, 9.17) is 0 Å². The quantitative estimate of drug-likeness (QED) is 0.768. The normalized spacial score (nSPS) is 15.4. The first kappa shape index (κ1) is 21.0. The van der Waals surface area contributed by atoms with Gasteiger partial charge in [-0.3, -0.25) is 0 Å². The largest absolute Gasteiger partial charge is 0.598 e. The summed E-state index contributed by atoms with van der Waals surface area (Å²) >= 11 is -1.20. The molecule has 24 heavy (non-hydrogen) atoms. The van der Waals surface area contributed by atoms with E-state index in [1.54, 1.807) is 6.07 Å². The second-order valence-electron chi connectivity index (χ2n) is 8.58. The minimum Gasteiger partial charge on any atom is -0.598 e. The second kappa shape index (κ2) is 7.46. The Bertz CT molecular complexity index is 585. The molecule has 1 aromatic carbocycles. The average Bonchev–Trinajstić information content (AvgIpc) is 2.41. The van der Waals surface area contributed by atoms with Gasteiger partial charge in [-0.15, -0.1) is 4.72 Å². The zero-order valence-corrected chi connectivity index (χ0v) is 16.9. The van der Waals surface area contributed by atoms with Crippen LogP contribution in [0.25, 0.3) is 0 Å². The van der Waals surface area contributed by atoms with Gasteiger partial charge in [-0.25, -0.2) is 4.79 Å². The van der Waals surface area contributed by atoms with Crippen molar-refractivity contribution in [1.82, 2.24) is 4.72 Å². The molecule has 1 aromatic rings. The lowest BCUT2D eigenvalue weighted by molar-refractivity contribution is 0.0694. The van der Waals surface area contributed by atoms with Gasteiger partial charge in [0.2, 0.25) is 0 Å². The van der Waals surface area contributed by atoms with E-state index in [-0.39, 0.29) is 22.1 Å². The molecule has 0 saturated carbocycles. The van der Waals surface area contributed by atoms with Crippen molar-refractivity contribution in [3.63, 3.8) is 0 Å². The lowest BCUT2D eigenvalue weighted by atomic mass is 9.81. The van der Waals surface area contributed by atoms with E-state index >= 15 is 0 Å². The highest BCUT2D eigenvalue weighted by Crippen LogP contribution is 2.32. The number of carboxylic acids is 1. The summed E-state index contributed by atoms with van der Waals surface area (Å²) in [5, 5.41) is 9.46. The Morgan fingerprint density at radius 1 is 1.17 bits per heavy atom. The molecule has 0 aliphatic heterocycles. The lowest BCUT2D eigenvalue weighted by Crippen LogP contribution is -2.42. The zero-order valence-electron chi connectivity index (χ0n) is 16.1. The Kier molecular flexibility index (Phi) is 6.53. The highest BCUT2D eigenvalue weighted by Gasteiger charge is 2.32. The highest BCUT2D eigenvalue weighted by atomic mass is 32.2. The van der Waals surface area contributed by atoms with Crippen LogP contribution >= 0.6 is 0 Å². The molecule has 1 rings (SSSR count). The van der Waals surface area contributed by atoms with Gasteiger partial charge in [0.25, 0.3) is 0 Å². The summed E-state index contributed by atoms with van der Waals surface area (Å²) in [4.78, 5) is 11.5. The van der Waals surface area contributed by atoms with Gasteiger partial charge in [0.15, 0.2) is 0 Å². The molecule has 0 aromatic heterocycles. The molecule has 0 unspecified atom stereocenters. The highest BCUT2D eigenvalue weighted by molar-refractivity contribution is 7.90. The summed E-state index contributed by atoms with van der Waals surface area (Å²) in [6, 6.07) is 5.33. The van der Waals surface area contributed by atoms with Gasteiger partial charge >= 0.3 is 5.97 Å². The van der Waals surface area contributed by atoms with Crippen LogP contribution in [0.4, 0.5) is 0 Å². The molecule has 0 aliphatic rings. The Hall–Kier alpha value is -1.04. The van der Waals surface area contributed by atoms with Gasteiger partial charge in [0.05, 0.1) is 11.6 Å². The molecule has 2 N–H and O–H groups in total. The monoisotopic (exact) mass is 353 g/mol. The molecular weight excluding hydrogens is 322 g/mol. The average molecular weight is 354 g/mol. The third-order valence-corrected chi connectivity index (χ3v) is 5.48. The molecule has 2 atom stereocenters. The van der Waals surface area contributed by atoms with E-state index in [9.17, 15) is 14.5 Å². The van der Waals surface area contributed by atoms with E-state index in [1.165, 1.54) is 0 Å². The number of hydrogen-bond acceptors (Lipinski definition) is 3. The number of aromatic carboxylic acids is 1. The third kappa shape index (κ3) is 5.23. The third-order valence-electron chi connectivity index (χ3n) is 3.90. The molecule has 0 radical (unpaired) electrons. The van der Waals surface area contributed by atoms with E-state index < -0.39 is 17.3 Å². The fraction of sp³-hybridized carbons (Fsp3) is 0.632. The van der Waals surface area contributed by atoms with Crippen molar-refractivity contribution in [1.29, 1.82) is 0 Å². The number of rotatable bonds is 5. The van der Waals surface area contributed by atoms with E-state index in [0.29, 0.717) is 5.56 Å².